The van der Waals surface area contributed by atoms with E-state index in [1.165, 1.54) is 23.1 Å². The van der Waals surface area contributed by atoms with Crippen molar-refractivity contribution in [2.45, 2.75) is 37.8 Å². The smallest absolute Gasteiger partial charge is 0.242 e. The molecule has 1 aromatic carbocycles. The first-order valence-corrected chi connectivity index (χ1v) is 14.7. The number of anilines is 4. The zero-order valence-electron chi connectivity index (χ0n) is 23.9. The van der Waals surface area contributed by atoms with Crippen LogP contribution in [0.5, 0.6) is 0 Å². The van der Waals surface area contributed by atoms with Crippen molar-refractivity contribution in [1.29, 1.82) is 0 Å². The second kappa shape index (κ2) is 10.2. The van der Waals surface area contributed by atoms with Crippen molar-refractivity contribution < 1.29 is 13.6 Å². The number of nitrogens with one attached hydrogen (secondary N) is 2. The highest BCUT2D eigenvalue weighted by Crippen LogP contribution is 2.38. The van der Waals surface area contributed by atoms with Crippen molar-refractivity contribution in [2.75, 3.05) is 34.8 Å². The van der Waals surface area contributed by atoms with Crippen molar-refractivity contribution in [3.05, 3.63) is 71.9 Å². The fourth-order valence-corrected chi connectivity index (χ4v) is 6.69. The summed E-state index contributed by atoms with van der Waals surface area (Å²) in [6, 6.07) is 8.60. The maximum Gasteiger partial charge on any atom is 0.242 e. The van der Waals surface area contributed by atoms with Crippen LogP contribution in [0.4, 0.5) is 31.9 Å². The van der Waals surface area contributed by atoms with E-state index in [2.05, 4.69) is 30.6 Å². The van der Waals surface area contributed by atoms with Crippen molar-refractivity contribution in [1.82, 2.24) is 39.8 Å². The van der Waals surface area contributed by atoms with Gasteiger partial charge in [-0.3, -0.25) is 9.48 Å². The number of hydrogen-bond donors (Lipinski definition) is 2. The third-order valence-electron chi connectivity index (χ3n) is 8.66. The molecule has 2 N–H and O–H groups in total. The molecule has 0 unspecified atom stereocenters. The number of aromatic nitrogens is 7. The van der Waals surface area contributed by atoms with E-state index < -0.39 is 17.7 Å². The second-order valence-electron chi connectivity index (χ2n) is 11.4. The van der Waals surface area contributed by atoms with Crippen LogP contribution in [0.2, 0.25) is 0 Å². The fourth-order valence-electron chi connectivity index (χ4n) is 6.69. The monoisotopic (exact) mass is 597 g/mol. The summed E-state index contributed by atoms with van der Waals surface area (Å²) in [6.45, 7) is 1.79. The lowest BCUT2D eigenvalue weighted by Crippen LogP contribution is -2.44. The largest absolute Gasteiger partial charge is 0.365 e. The maximum absolute atomic E-state index is 14.7. The molecule has 1 amide bonds. The third-order valence-corrected chi connectivity index (χ3v) is 8.66. The molecular formula is C30H29F2N11O. The third kappa shape index (κ3) is 4.31. The van der Waals surface area contributed by atoms with E-state index >= 15 is 0 Å². The molecule has 0 saturated carbocycles. The topological polar surface area (TPSA) is 122 Å². The highest BCUT2D eigenvalue weighted by Gasteiger charge is 2.39. The van der Waals surface area contributed by atoms with E-state index in [1.54, 1.807) is 6.20 Å². The number of nitrogens with zero attached hydrogens (tertiary/aromatic N) is 9. The van der Waals surface area contributed by atoms with Crippen molar-refractivity contribution >= 4 is 40.1 Å². The lowest BCUT2D eigenvalue weighted by atomic mass is 10.1. The minimum absolute atomic E-state index is 0.0652. The minimum atomic E-state index is -0.760. The molecule has 3 aliphatic heterocycles. The summed E-state index contributed by atoms with van der Waals surface area (Å²) >= 11 is 0. The molecule has 1 saturated heterocycles. The number of aryl methyl sites for hydroxylation is 1. The molecular weight excluding hydrogens is 568 g/mol. The number of hydrogen-bond acceptors (Lipinski definition) is 9. The standard InChI is InChI=1S/C30H29F2N11O/c1-40-23-4-3-10-33-30(44)24-13-18(37-25-5-2-6-26(38-25)41-11-9-21(39-40)27(23)41)15-42(24)28-19-14-36-43(29(19)35-16-34-28)22-8-7-17(31)12-20(22)32/h2,5-8,12,14,16,18,24H,3-4,9-11,13,15H2,1H3,(H,33,44)(H,37,38)/t18-,24-/m0/s1. The number of carbonyl (C=O) groups excluding carboxylic acids is 1. The summed E-state index contributed by atoms with van der Waals surface area (Å²) in [5, 5.41) is 16.4. The zero-order chi connectivity index (χ0) is 29.9. The van der Waals surface area contributed by atoms with Gasteiger partial charge in [0.05, 0.1) is 28.7 Å². The van der Waals surface area contributed by atoms with Crippen molar-refractivity contribution in [2.24, 2.45) is 7.05 Å². The van der Waals surface area contributed by atoms with E-state index in [0.29, 0.717) is 36.4 Å². The molecule has 5 aromatic rings. The molecule has 1 fully saturated rings. The molecule has 3 aliphatic rings. The quantitative estimate of drug-likeness (QED) is 0.316. The first-order chi connectivity index (χ1) is 21.4. The summed E-state index contributed by atoms with van der Waals surface area (Å²) in [5.74, 6) is 0.543. The van der Waals surface area contributed by atoms with Gasteiger partial charge in [0.1, 0.15) is 41.3 Å². The van der Waals surface area contributed by atoms with Crippen LogP contribution in [0.25, 0.3) is 16.7 Å². The number of rotatable bonds is 2. The van der Waals surface area contributed by atoms with Gasteiger partial charge in [0.15, 0.2) is 11.5 Å². The number of benzene rings is 1. The van der Waals surface area contributed by atoms with Gasteiger partial charge in [-0.2, -0.15) is 10.2 Å². The Hall–Kier alpha value is -5.14. The van der Waals surface area contributed by atoms with Crippen LogP contribution < -0.4 is 20.4 Å². The van der Waals surface area contributed by atoms with Crippen molar-refractivity contribution in [3.8, 4) is 5.69 Å². The van der Waals surface area contributed by atoms with Gasteiger partial charge in [0.2, 0.25) is 5.91 Å². The van der Waals surface area contributed by atoms with E-state index in [-0.39, 0.29) is 17.6 Å². The highest BCUT2D eigenvalue weighted by molar-refractivity contribution is 5.92. The molecule has 224 valence electrons. The van der Waals surface area contributed by atoms with Gasteiger partial charge in [0.25, 0.3) is 0 Å². The molecule has 7 heterocycles. The second-order valence-corrected chi connectivity index (χ2v) is 11.4. The van der Waals surface area contributed by atoms with Crippen molar-refractivity contribution in [3.63, 3.8) is 0 Å². The number of amides is 1. The minimum Gasteiger partial charge on any atom is -0.365 e. The Morgan fingerprint density at radius 1 is 1.09 bits per heavy atom. The Labute approximate surface area is 250 Å². The normalized spacial score (nSPS) is 19.8. The van der Waals surface area contributed by atoms with Gasteiger partial charge >= 0.3 is 0 Å². The average Bonchev–Trinajstić information content (AvgIpc) is 3.79. The molecule has 2 atom stereocenters. The molecule has 0 spiro atoms. The van der Waals surface area contributed by atoms with Crippen LogP contribution in [-0.2, 0) is 24.7 Å². The predicted octanol–water partition coefficient (Wildman–Crippen LogP) is 3.04. The molecule has 14 heteroatoms. The predicted molar refractivity (Wildman–Crippen MR) is 159 cm³/mol. The SMILES string of the molecule is Cn1nc2c3c1CCCNC(=O)[C@@H]1C[C@@H](CN1c1ncnc4c1cnn4-c1ccc(F)cc1F)Nc1cccc(n1)N3CC2. The molecule has 0 aliphatic carbocycles. The van der Waals surface area contributed by atoms with Gasteiger partial charge < -0.3 is 20.4 Å². The Morgan fingerprint density at radius 3 is 2.89 bits per heavy atom. The zero-order valence-corrected chi connectivity index (χ0v) is 23.9. The molecule has 4 aromatic heterocycles. The van der Waals surface area contributed by atoms with Crippen LogP contribution in [-0.4, -0.2) is 72.1 Å². The van der Waals surface area contributed by atoms with Crippen LogP contribution in [0.3, 0.4) is 0 Å². The maximum atomic E-state index is 14.7. The lowest BCUT2D eigenvalue weighted by molar-refractivity contribution is -0.122. The number of halogens is 2. The summed E-state index contributed by atoms with van der Waals surface area (Å²) in [7, 11) is 1.97. The molecule has 44 heavy (non-hydrogen) atoms. The Bertz CT molecular complexity index is 1920. The number of carbonyl (C=O) groups is 1. The highest BCUT2D eigenvalue weighted by atomic mass is 19.1. The van der Waals surface area contributed by atoms with Crippen LogP contribution >= 0.6 is 0 Å². The summed E-state index contributed by atoms with van der Waals surface area (Å²) in [5.41, 5.74) is 3.75. The Balaban J connectivity index is 1.15. The lowest BCUT2D eigenvalue weighted by Gasteiger charge is -2.25. The summed E-state index contributed by atoms with van der Waals surface area (Å²) in [4.78, 5) is 31.8. The van der Waals surface area contributed by atoms with E-state index in [9.17, 15) is 13.6 Å². The van der Waals surface area contributed by atoms with Gasteiger partial charge in [0, 0.05) is 45.2 Å². The van der Waals surface area contributed by atoms with E-state index in [0.717, 1.165) is 60.6 Å². The van der Waals surface area contributed by atoms with E-state index in [4.69, 9.17) is 10.1 Å². The number of fused-ring (bicyclic) bond motifs is 6. The summed E-state index contributed by atoms with van der Waals surface area (Å²) in [6.07, 6.45) is 5.81. The Kier molecular flexibility index (Phi) is 6.17. The van der Waals surface area contributed by atoms with Gasteiger partial charge in [-0.25, -0.2) is 28.4 Å². The fraction of sp³-hybridized carbons (Fsp3) is 0.333. The van der Waals surface area contributed by atoms with Gasteiger partial charge in [-0.15, -0.1) is 0 Å². The average molecular weight is 598 g/mol. The van der Waals surface area contributed by atoms with Crippen LogP contribution in [0.15, 0.2) is 48.9 Å². The van der Waals surface area contributed by atoms with Gasteiger partial charge in [-0.05, 0) is 43.5 Å². The van der Waals surface area contributed by atoms with Crippen LogP contribution in [0, 0.1) is 11.6 Å². The Morgan fingerprint density at radius 2 is 2.00 bits per heavy atom. The van der Waals surface area contributed by atoms with Gasteiger partial charge in [-0.1, -0.05) is 6.07 Å². The molecule has 0 radical (unpaired) electrons. The summed E-state index contributed by atoms with van der Waals surface area (Å²) < 4.78 is 31.5. The molecule has 4 bridgehead atoms. The molecule has 8 rings (SSSR count). The first-order valence-electron chi connectivity index (χ1n) is 14.7. The first kappa shape index (κ1) is 26.5. The number of pyridine rings is 1. The molecule has 12 nitrogen and oxygen atoms in total. The van der Waals surface area contributed by atoms with Crippen LogP contribution in [0.1, 0.15) is 24.2 Å². The van der Waals surface area contributed by atoms with E-state index in [1.807, 2.05) is 34.8 Å².